The van der Waals surface area contributed by atoms with Crippen LogP contribution in [0.15, 0.2) is 46.0 Å². The van der Waals surface area contributed by atoms with Crippen LogP contribution in [0.4, 0.5) is 5.69 Å². The largest absolute Gasteiger partial charge is 0.495 e. The summed E-state index contributed by atoms with van der Waals surface area (Å²) in [6.45, 7) is 3.92. The summed E-state index contributed by atoms with van der Waals surface area (Å²) < 4.78 is 13.2. The molecule has 5 rings (SSSR count). The standard InChI is InChI=1S/C24H23N5O3S/c1-13-15(14(2)29-23(25-13)27-24(28-29)33-4)9-10-22(30)26-18-12-20-17(11-21(18)31-3)16-7-5-6-8-19(16)32-20/h5-8,11-12H,9-10H2,1-4H3,(H,26,30). The third-order valence-electron chi connectivity index (χ3n) is 5.79. The Morgan fingerprint density at radius 2 is 1.97 bits per heavy atom. The van der Waals surface area contributed by atoms with Gasteiger partial charge in [-0.1, -0.05) is 30.0 Å². The molecule has 168 valence electrons. The lowest BCUT2D eigenvalue weighted by atomic mass is 10.1. The summed E-state index contributed by atoms with van der Waals surface area (Å²) in [6, 6.07) is 11.5. The van der Waals surface area contributed by atoms with Crippen LogP contribution in [0.1, 0.15) is 23.4 Å². The fourth-order valence-corrected chi connectivity index (χ4v) is 4.44. The van der Waals surface area contributed by atoms with Crippen LogP contribution in [0.5, 0.6) is 5.75 Å². The first-order valence-electron chi connectivity index (χ1n) is 10.5. The lowest BCUT2D eigenvalue weighted by molar-refractivity contribution is -0.116. The quantitative estimate of drug-likeness (QED) is 0.358. The van der Waals surface area contributed by atoms with E-state index < -0.39 is 0 Å². The molecule has 0 aliphatic heterocycles. The first-order valence-corrected chi connectivity index (χ1v) is 11.8. The van der Waals surface area contributed by atoms with Crippen LogP contribution in [0.2, 0.25) is 0 Å². The molecule has 0 atom stereocenters. The molecule has 0 radical (unpaired) electrons. The summed E-state index contributed by atoms with van der Waals surface area (Å²) in [4.78, 5) is 21.8. The van der Waals surface area contributed by atoms with Crippen LogP contribution in [0.3, 0.4) is 0 Å². The fraction of sp³-hybridized carbons (Fsp3) is 0.250. The minimum Gasteiger partial charge on any atom is -0.495 e. The van der Waals surface area contributed by atoms with Gasteiger partial charge in [-0.2, -0.15) is 4.98 Å². The van der Waals surface area contributed by atoms with Crippen molar-refractivity contribution in [2.45, 2.75) is 31.8 Å². The van der Waals surface area contributed by atoms with E-state index in [1.54, 1.807) is 11.6 Å². The summed E-state index contributed by atoms with van der Waals surface area (Å²) in [5, 5.41) is 10.1. The van der Waals surface area contributed by atoms with Gasteiger partial charge in [0.15, 0.2) is 0 Å². The number of aryl methyl sites for hydroxylation is 2. The third kappa shape index (κ3) is 3.78. The van der Waals surface area contributed by atoms with E-state index in [0.717, 1.165) is 33.3 Å². The number of rotatable bonds is 6. The molecule has 0 fully saturated rings. The average Bonchev–Trinajstić information content (AvgIpc) is 3.39. The SMILES string of the molecule is COc1cc2c(cc1NC(=O)CCc1c(C)nc3nc(SC)nn3c1C)oc1ccccc12. The second-order valence-corrected chi connectivity index (χ2v) is 8.54. The molecule has 0 aliphatic rings. The highest BCUT2D eigenvalue weighted by molar-refractivity contribution is 7.98. The number of nitrogens with one attached hydrogen (secondary N) is 1. The molecule has 0 spiro atoms. The lowest BCUT2D eigenvalue weighted by Crippen LogP contribution is -2.15. The van der Waals surface area contributed by atoms with Crippen molar-refractivity contribution in [3.8, 4) is 5.75 Å². The zero-order valence-electron chi connectivity index (χ0n) is 18.8. The van der Waals surface area contributed by atoms with Crippen molar-refractivity contribution in [2.24, 2.45) is 0 Å². The molecular formula is C24H23N5O3S. The van der Waals surface area contributed by atoms with E-state index in [1.807, 2.05) is 56.5 Å². The maximum absolute atomic E-state index is 12.8. The molecule has 0 saturated carbocycles. The maximum Gasteiger partial charge on any atom is 0.253 e. The normalized spacial score (nSPS) is 11.5. The Balaban J connectivity index is 1.38. The minimum absolute atomic E-state index is 0.119. The highest BCUT2D eigenvalue weighted by Gasteiger charge is 2.17. The number of aromatic nitrogens is 4. The molecule has 8 nitrogen and oxygen atoms in total. The molecule has 5 aromatic rings. The van der Waals surface area contributed by atoms with Gasteiger partial charge in [0.1, 0.15) is 16.9 Å². The number of hydrogen-bond acceptors (Lipinski definition) is 7. The van der Waals surface area contributed by atoms with Gasteiger partial charge in [0.2, 0.25) is 11.1 Å². The number of thioether (sulfide) groups is 1. The van der Waals surface area contributed by atoms with Crippen LogP contribution in [0, 0.1) is 13.8 Å². The van der Waals surface area contributed by atoms with Gasteiger partial charge in [-0.25, -0.2) is 9.50 Å². The smallest absolute Gasteiger partial charge is 0.253 e. The van der Waals surface area contributed by atoms with Crippen molar-refractivity contribution in [2.75, 3.05) is 18.7 Å². The van der Waals surface area contributed by atoms with E-state index in [4.69, 9.17) is 9.15 Å². The Morgan fingerprint density at radius 1 is 1.15 bits per heavy atom. The third-order valence-corrected chi connectivity index (χ3v) is 6.33. The molecule has 0 bridgehead atoms. The van der Waals surface area contributed by atoms with E-state index in [2.05, 4.69) is 20.4 Å². The number of para-hydroxylation sites is 1. The van der Waals surface area contributed by atoms with Gasteiger partial charge in [0.05, 0.1) is 12.8 Å². The number of ether oxygens (including phenoxy) is 1. The Kier molecular flexibility index (Phi) is 5.41. The van der Waals surface area contributed by atoms with E-state index in [9.17, 15) is 4.79 Å². The number of carbonyl (C=O) groups is 1. The number of fused-ring (bicyclic) bond motifs is 4. The highest BCUT2D eigenvalue weighted by atomic mass is 32.2. The summed E-state index contributed by atoms with van der Waals surface area (Å²) in [5.74, 6) is 1.04. The van der Waals surface area contributed by atoms with E-state index in [0.29, 0.717) is 40.8 Å². The number of carbonyl (C=O) groups excluding carboxylic acids is 1. The molecular weight excluding hydrogens is 438 g/mol. The van der Waals surface area contributed by atoms with Crippen molar-refractivity contribution >= 4 is 51.1 Å². The molecule has 2 aromatic carbocycles. The minimum atomic E-state index is -0.119. The van der Waals surface area contributed by atoms with Gasteiger partial charge in [0.25, 0.3) is 5.78 Å². The van der Waals surface area contributed by atoms with Gasteiger partial charge in [0, 0.05) is 34.6 Å². The molecule has 0 aliphatic carbocycles. The predicted octanol–water partition coefficient (Wildman–Crippen LogP) is 4.94. The van der Waals surface area contributed by atoms with Crippen molar-refractivity contribution < 1.29 is 13.9 Å². The lowest BCUT2D eigenvalue weighted by Gasteiger charge is -2.12. The molecule has 0 unspecified atom stereocenters. The molecule has 1 amide bonds. The monoisotopic (exact) mass is 461 g/mol. The van der Waals surface area contributed by atoms with E-state index in [-0.39, 0.29) is 5.91 Å². The van der Waals surface area contributed by atoms with Crippen LogP contribution >= 0.6 is 11.8 Å². The number of hydrogen-bond donors (Lipinski definition) is 1. The van der Waals surface area contributed by atoms with Gasteiger partial charge in [-0.05, 0) is 44.2 Å². The van der Waals surface area contributed by atoms with Crippen molar-refractivity contribution in [1.82, 2.24) is 19.6 Å². The van der Waals surface area contributed by atoms with Crippen LogP contribution < -0.4 is 10.1 Å². The van der Waals surface area contributed by atoms with Crippen molar-refractivity contribution in [3.05, 3.63) is 53.3 Å². The fourth-order valence-electron chi connectivity index (χ4n) is 4.11. The van der Waals surface area contributed by atoms with Gasteiger partial charge in [-0.15, -0.1) is 5.10 Å². The highest BCUT2D eigenvalue weighted by Crippen LogP contribution is 2.36. The molecule has 3 heterocycles. The van der Waals surface area contributed by atoms with E-state index >= 15 is 0 Å². The van der Waals surface area contributed by atoms with Gasteiger partial charge in [-0.3, -0.25) is 4.79 Å². The van der Waals surface area contributed by atoms with Gasteiger partial charge < -0.3 is 14.5 Å². The Labute approximate surface area is 194 Å². The molecule has 1 N–H and O–H groups in total. The average molecular weight is 462 g/mol. The maximum atomic E-state index is 12.8. The molecule has 0 saturated heterocycles. The predicted molar refractivity (Wildman–Crippen MR) is 129 cm³/mol. The van der Waals surface area contributed by atoms with Crippen LogP contribution in [-0.4, -0.2) is 38.9 Å². The second kappa shape index (κ2) is 8.40. The molecule has 9 heteroatoms. The Morgan fingerprint density at radius 3 is 2.76 bits per heavy atom. The molecule has 33 heavy (non-hydrogen) atoms. The first kappa shape index (κ1) is 21.3. The summed E-state index contributed by atoms with van der Waals surface area (Å²) in [5.41, 5.74) is 4.87. The summed E-state index contributed by atoms with van der Waals surface area (Å²) in [6.07, 6.45) is 2.76. The number of nitrogens with zero attached hydrogens (tertiary/aromatic N) is 4. The number of methoxy groups -OCH3 is 1. The van der Waals surface area contributed by atoms with Gasteiger partial charge >= 0.3 is 0 Å². The van der Waals surface area contributed by atoms with E-state index in [1.165, 1.54) is 11.8 Å². The number of amides is 1. The Bertz CT molecular complexity index is 1520. The van der Waals surface area contributed by atoms with Crippen molar-refractivity contribution in [1.29, 1.82) is 0 Å². The summed E-state index contributed by atoms with van der Waals surface area (Å²) in [7, 11) is 1.59. The topological polar surface area (TPSA) is 94.5 Å². The van der Waals surface area contributed by atoms with Crippen LogP contribution in [0.25, 0.3) is 27.7 Å². The number of benzene rings is 2. The van der Waals surface area contributed by atoms with Crippen LogP contribution in [-0.2, 0) is 11.2 Å². The zero-order chi connectivity index (χ0) is 23.1. The number of furan rings is 1. The second-order valence-electron chi connectivity index (χ2n) is 7.77. The number of anilines is 1. The summed E-state index contributed by atoms with van der Waals surface area (Å²) >= 11 is 1.47. The first-order chi connectivity index (χ1) is 16.0. The Hall–Kier alpha value is -3.59. The van der Waals surface area contributed by atoms with Crippen molar-refractivity contribution in [3.63, 3.8) is 0 Å². The zero-order valence-corrected chi connectivity index (χ0v) is 19.6. The molecule has 3 aromatic heterocycles.